The van der Waals surface area contributed by atoms with Gasteiger partial charge in [0, 0.05) is 30.4 Å². The minimum atomic E-state index is 0.495. The molecule has 2 heterocycles. The highest BCUT2D eigenvalue weighted by Gasteiger charge is 2.28. The van der Waals surface area contributed by atoms with Crippen molar-refractivity contribution in [2.75, 3.05) is 0 Å². The number of hydrogen-bond donors (Lipinski definition) is 1. The maximum atomic E-state index is 5.72. The highest BCUT2D eigenvalue weighted by atomic mass is 15.0. The van der Waals surface area contributed by atoms with Gasteiger partial charge in [-0.25, -0.2) is 19.9 Å². The quantitative estimate of drug-likeness (QED) is 0.882. The zero-order chi connectivity index (χ0) is 12.5. The van der Waals surface area contributed by atoms with E-state index in [-0.39, 0.29) is 0 Å². The summed E-state index contributed by atoms with van der Waals surface area (Å²) >= 11 is 0. The third-order valence-electron chi connectivity index (χ3n) is 3.09. The minimum Gasteiger partial charge on any atom is -0.326 e. The van der Waals surface area contributed by atoms with Crippen LogP contribution < -0.4 is 5.73 Å². The van der Waals surface area contributed by atoms with Crippen molar-refractivity contribution in [1.29, 1.82) is 0 Å². The maximum Gasteiger partial charge on any atom is 0.178 e. The SMILES string of the molecule is Cc1nccc(-c2ncc(CN)c(C3CC3)n2)n1. The lowest BCUT2D eigenvalue weighted by Gasteiger charge is -2.07. The van der Waals surface area contributed by atoms with Crippen LogP contribution in [-0.4, -0.2) is 19.9 Å². The van der Waals surface area contributed by atoms with Crippen molar-refractivity contribution < 1.29 is 0 Å². The van der Waals surface area contributed by atoms with Gasteiger partial charge in [0.1, 0.15) is 11.5 Å². The average Bonchev–Trinajstić information content (AvgIpc) is 3.22. The molecule has 0 bridgehead atoms. The van der Waals surface area contributed by atoms with Gasteiger partial charge in [-0.15, -0.1) is 0 Å². The number of hydrogen-bond acceptors (Lipinski definition) is 5. The standard InChI is InChI=1S/C13H15N5/c1-8-15-5-4-11(17-8)13-16-7-10(6-14)12(18-13)9-2-3-9/h4-5,7,9H,2-3,6,14H2,1H3. The normalized spacial score (nSPS) is 14.8. The van der Waals surface area contributed by atoms with E-state index in [1.165, 1.54) is 12.8 Å². The van der Waals surface area contributed by atoms with Crippen LogP contribution in [0.5, 0.6) is 0 Å². The van der Waals surface area contributed by atoms with E-state index in [1.54, 1.807) is 6.20 Å². The Kier molecular flexibility index (Phi) is 2.76. The minimum absolute atomic E-state index is 0.495. The fraction of sp³-hybridized carbons (Fsp3) is 0.385. The zero-order valence-corrected chi connectivity index (χ0v) is 10.3. The fourth-order valence-corrected chi connectivity index (χ4v) is 1.99. The summed E-state index contributed by atoms with van der Waals surface area (Å²) in [5.74, 6) is 1.96. The molecule has 1 saturated carbocycles. The van der Waals surface area contributed by atoms with Gasteiger partial charge in [-0.1, -0.05) is 0 Å². The number of rotatable bonds is 3. The lowest BCUT2D eigenvalue weighted by atomic mass is 10.1. The van der Waals surface area contributed by atoms with Crippen LogP contribution in [0.25, 0.3) is 11.5 Å². The van der Waals surface area contributed by atoms with Crippen LogP contribution in [0.3, 0.4) is 0 Å². The van der Waals surface area contributed by atoms with Gasteiger partial charge in [0.2, 0.25) is 0 Å². The summed E-state index contributed by atoms with van der Waals surface area (Å²) in [7, 11) is 0. The van der Waals surface area contributed by atoms with Crippen molar-refractivity contribution in [2.24, 2.45) is 5.73 Å². The van der Waals surface area contributed by atoms with Gasteiger partial charge in [0.15, 0.2) is 5.82 Å². The predicted molar refractivity (Wildman–Crippen MR) is 67.7 cm³/mol. The van der Waals surface area contributed by atoms with E-state index in [4.69, 9.17) is 5.73 Å². The van der Waals surface area contributed by atoms with Crippen molar-refractivity contribution in [2.45, 2.75) is 32.2 Å². The Morgan fingerprint density at radius 3 is 2.78 bits per heavy atom. The Balaban J connectivity index is 2.05. The van der Waals surface area contributed by atoms with E-state index >= 15 is 0 Å². The highest BCUT2D eigenvalue weighted by molar-refractivity contribution is 5.49. The van der Waals surface area contributed by atoms with Gasteiger partial charge >= 0.3 is 0 Å². The lowest BCUT2D eigenvalue weighted by molar-refractivity contribution is 0.904. The molecular formula is C13H15N5. The van der Waals surface area contributed by atoms with Crippen LogP contribution in [0.4, 0.5) is 0 Å². The molecule has 1 aliphatic rings. The molecule has 2 aromatic heterocycles. The third-order valence-corrected chi connectivity index (χ3v) is 3.09. The molecule has 1 fully saturated rings. The molecule has 3 rings (SSSR count). The first kappa shape index (κ1) is 11.2. The van der Waals surface area contributed by atoms with Gasteiger partial charge in [-0.2, -0.15) is 0 Å². The Morgan fingerprint density at radius 2 is 2.11 bits per heavy atom. The maximum absolute atomic E-state index is 5.72. The molecule has 0 saturated heterocycles. The second-order valence-corrected chi connectivity index (χ2v) is 4.57. The van der Waals surface area contributed by atoms with Crippen molar-refractivity contribution in [1.82, 2.24) is 19.9 Å². The Morgan fingerprint density at radius 1 is 1.28 bits per heavy atom. The zero-order valence-electron chi connectivity index (χ0n) is 10.3. The summed E-state index contributed by atoms with van der Waals surface area (Å²) in [6.45, 7) is 2.36. The van der Waals surface area contributed by atoms with E-state index in [1.807, 2.05) is 19.2 Å². The number of nitrogens with two attached hydrogens (primary N) is 1. The second-order valence-electron chi connectivity index (χ2n) is 4.57. The van der Waals surface area contributed by atoms with Crippen molar-refractivity contribution >= 4 is 0 Å². The largest absolute Gasteiger partial charge is 0.326 e. The van der Waals surface area contributed by atoms with Crippen LogP contribution in [0.1, 0.15) is 35.8 Å². The Labute approximate surface area is 106 Å². The summed E-state index contributed by atoms with van der Waals surface area (Å²) in [5, 5.41) is 0. The molecule has 5 nitrogen and oxygen atoms in total. The predicted octanol–water partition coefficient (Wildman–Crippen LogP) is 1.58. The molecule has 0 amide bonds. The van der Waals surface area contributed by atoms with Gasteiger partial charge < -0.3 is 5.73 Å². The molecular weight excluding hydrogens is 226 g/mol. The molecule has 18 heavy (non-hydrogen) atoms. The molecule has 0 atom stereocenters. The Bertz CT molecular complexity index is 577. The lowest BCUT2D eigenvalue weighted by Crippen LogP contribution is -2.06. The second kappa shape index (κ2) is 4.42. The smallest absolute Gasteiger partial charge is 0.178 e. The first-order valence-corrected chi connectivity index (χ1v) is 6.14. The fourth-order valence-electron chi connectivity index (χ4n) is 1.99. The van der Waals surface area contributed by atoms with Gasteiger partial charge in [-0.05, 0) is 25.8 Å². The number of nitrogens with zero attached hydrogens (tertiary/aromatic N) is 4. The first-order chi connectivity index (χ1) is 8.78. The Hall–Kier alpha value is -1.88. The monoisotopic (exact) mass is 241 g/mol. The van der Waals surface area contributed by atoms with Gasteiger partial charge in [0.25, 0.3) is 0 Å². The number of aromatic nitrogens is 4. The molecule has 0 aliphatic heterocycles. The summed E-state index contributed by atoms with van der Waals surface area (Å²) in [5.41, 5.74) is 8.64. The van der Waals surface area contributed by atoms with Crippen molar-refractivity contribution in [3.8, 4) is 11.5 Å². The summed E-state index contributed by atoms with van der Waals surface area (Å²) < 4.78 is 0. The highest BCUT2D eigenvalue weighted by Crippen LogP contribution is 2.40. The first-order valence-electron chi connectivity index (χ1n) is 6.14. The molecule has 1 aliphatic carbocycles. The van der Waals surface area contributed by atoms with Gasteiger partial charge in [-0.3, -0.25) is 0 Å². The molecule has 2 N–H and O–H groups in total. The molecule has 0 unspecified atom stereocenters. The van der Waals surface area contributed by atoms with Crippen LogP contribution in [0, 0.1) is 6.92 Å². The molecule has 92 valence electrons. The average molecular weight is 241 g/mol. The topological polar surface area (TPSA) is 77.6 Å². The van der Waals surface area contributed by atoms with E-state index < -0.39 is 0 Å². The van der Waals surface area contributed by atoms with Crippen LogP contribution in [-0.2, 0) is 6.54 Å². The van der Waals surface area contributed by atoms with E-state index in [2.05, 4.69) is 19.9 Å². The summed E-state index contributed by atoms with van der Waals surface area (Å²) in [6, 6.07) is 1.83. The molecule has 0 radical (unpaired) electrons. The molecule has 5 heteroatoms. The van der Waals surface area contributed by atoms with Crippen LogP contribution in [0.15, 0.2) is 18.5 Å². The van der Waals surface area contributed by atoms with E-state index in [0.29, 0.717) is 18.3 Å². The van der Waals surface area contributed by atoms with Crippen LogP contribution in [0.2, 0.25) is 0 Å². The van der Waals surface area contributed by atoms with Gasteiger partial charge in [0.05, 0.1) is 5.69 Å². The summed E-state index contributed by atoms with van der Waals surface area (Å²) in [4.78, 5) is 17.4. The van der Waals surface area contributed by atoms with Crippen molar-refractivity contribution in [3.05, 3.63) is 35.5 Å². The van der Waals surface area contributed by atoms with E-state index in [0.717, 1.165) is 22.8 Å². The third kappa shape index (κ3) is 2.09. The molecule has 0 spiro atoms. The number of aryl methyl sites for hydroxylation is 1. The summed E-state index contributed by atoms with van der Waals surface area (Å²) in [6.07, 6.45) is 5.96. The molecule has 2 aromatic rings. The van der Waals surface area contributed by atoms with Crippen molar-refractivity contribution in [3.63, 3.8) is 0 Å². The van der Waals surface area contributed by atoms with E-state index in [9.17, 15) is 0 Å². The van der Waals surface area contributed by atoms with Crippen LogP contribution >= 0.6 is 0 Å². The molecule has 0 aromatic carbocycles.